The van der Waals surface area contributed by atoms with Gasteiger partial charge in [0.05, 0.1) is 30.2 Å². The van der Waals surface area contributed by atoms with Gasteiger partial charge in [-0.1, -0.05) is 6.07 Å². The van der Waals surface area contributed by atoms with Crippen molar-refractivity contribution in [3.05, 3.63) is 30.6 Å². The van der Waals surface area contributed by atoms with E-state index in [2.05, 4.69) is 5.10 Å². The molecule has 1 aromatic carbocycles. The lowest BCUT2D eigenvalue weighted by atomic mass is 10.0. The molecule has 0 bridgehead atoms. The smallest absolute Gasteiger partial charge is 0.412 e. The topological polar surface area (TPSA) is 119 Å². The Bertz CT molecular complexity index is 1010. The van der Waals surface area contributed by atoms with E-state index in [1.165, 1.54) is 4.90 Å². The van der Waals surface area contributed by atoms with Crippen LogP contribution in [0.4, 0.5) is 21.0 Å². The number of carbonyl (C=O) groups is 3. The minimum absolute atomic E-state index is 0.0132. The third kappa shape index (κ3) is 3.56. The largest absolute Gasteiger partial charge is 0.465 e. The van der Waals surface area contributed by atoms with Gasteiger partial charge in [0.2, 0.25) is 5.91 Å². The molecule has 0 spiro atoms. The maximum atomic E-state index is 12.3. The summed E-state index contributed by atoms with van der Waals surface area (Å²) < 4.78 is 1.55. The highest BCUT2D eigenvalue weighted by atomic mass is 16.4. The normalized spacial score (nSPS) is 18.1. The lowest BCUT2D eigenvalue weighted by Gasteiger charge is -2.38. The first-order chi connectivity index (χ1) is 14.3. The molecule has 158 valence electrons. The Morgan fingerprint density at radius 2 is 1.87 bits per heavy atom. The molecule has 1 fully saturated rings. The molecular formula is C20H23N5O5. The van der Waals surface area contributed by atoms with E-state index in [4.69, 9.17) is 0 Å². The fourth-order valence-corrected chi connectivity index (χ4v) is 3.79. The molecule has 1 aromatic heterocycles. The molecule has 1 saturated carbocycles. The van der Waals surface area contributed by atoms with Gasteiger partial charge in [0.25, 0.3) is 0 Å². The van der Waals surface area contributed by atoms with Crippen LogP contribution in [-0.2, 0) is 11.3 Å². The number of amides is 3. The highest BCUT2D eigenvalue weighted by molar-refractivity contribution is 6.00. The summed E-state index contributed by atoms with van der Waals surface area (Å²) in [6, 6.07) is 4.80. The summed E-state index contributed by atoms with van der Waals surface area (Å²) in [6.45, 7) is 1.84. The Hall–Kier alpha value is -3.56. The lowest BCUT2D eigenvalue weighted by molar-refractivity contribution is -0.131. The van der Waals surface area contributed by atoms with Crippen molar-refractivity contribution >= 4 is 29.5 Å². The van der Waals surface area contributed by atoms with Crippen molar-refractivity contribution in [3.8, 4) is 11.1 Å². The third-order valence-electron chi connectivity index (χ3n) is 5.60. The van der Waals surface area contributed by atoms with Crippen LogP contribution < -0.4 is 9.80 Å². The minimum atomic E-state index is -1.14. The highest BCUT2D eigenvalue weighted by Gasteiger charge is 2.35. The van der Waals surface area contributed by atoms with E-state index in [0.717, 1.165) is 17.7 Å². The molecule has 4 rings (SSSR count). The Labute approximate surface area is 172 Å². The van der Waals surface area contributed by atoms with E-state index in [-0.39, 0.29) is 19.0 Å². The van der Waals surface area contributed by atoms with Crippen LogP contribution in [0, 0.1) is 0 Å². The monoisotopic (exact) mass is 413 g/mol. The molecular weight excluding hydrogens is 390 g/mol. The lowest BCUT2D eigenvalue weighted by Crippen LogP contribution is -2.51. The number of carboxylic acid groups (broad SMARTS) is 2. The van der Waals surface area contributed by atoms with Crippen LogP contribution in [-0.4, -0.2) is 68.7 Å². The van der Waals surface area contributed by atoms with Gasteiger partial charge >= 0.3 is 12.2 Å². The van der Waals surface area contributed by atoms with Crippen molar-refractivity contribution in [2.24, 2.45) is 0 Å². The molecule has 10 heteroatoms. The summed E-state index contributed by atoms with van der Waals surface area (Å²) in [5, 5.41) is 23.4. The molecule has 30 heavy (non-hydrogen) atoms. The predicted octanol–water partition coefficient (Wildman–Crippen LogP) is 2.54. The van der Waals surface area contributed by atoms with E-state index in [1.54, 1.807) is 54.1 Å². The molecule has 10 nitrogen and oxygen atoms in total. The number of fused-ring (bicyclic) bond motifs is 1. The molecule has 0 unspecified atom stereocenters. The van der Waals surface area contributed by atoms with Crippen molar-refractivity contribution in [1.82, 2.24) is 14.7 Å². The van der Waals surface area contributed by atoms with Gasteiger partial charge < -0.3 is 15.1 Å². The second kappa shape index (κ2) is 7.36. The zero-order chi connectivity index (χ0) is 21.6. The van der Waals surface area contributed by atoms with Gasteiger partial charge in [0, 0.05) is 24.8 Å². The molecule has 0 radical (unpaired) electrons. The number of aromatic nitrogens is 2. The van der Waals surface area contributed by atoms with E-state index in [0.29, 0.717) is 28.5 Å². The number of carbonyl (C=O) groups excluding carboxylic acids is 1. The van der Waals surface area contributed by atoms with Crippen LogP contribution in [0.3, 0.4) is 0 Å². The van der Waals surface area contributed by atoms with Gasteiger partial charge in [-0.3, -0.25) is 19.3 Å². The van der Waals surface area contributed by atoms with E-state index >= 15 is 0 Å². The van der Waals surface area contributed by atoms with Gasteiger partial charge in [-0.2, -0.15) is 5.10 Å². The summed E-state index contributed by atoms with van der Waals surface area (Å²) in [4.78, 5) is 39.8. The predicted molar refractivity (Wildman–Crippen MR) is 109 cm³/mol. The summed E-state index contributed by atoms with van der Waals surface area (Å²) in [5.41, 5.74) is 2.03. The number of rotatable bonds is 4. The molecule has 1 atom stereocenters. The average Bonchev–Trinajstić information content (AvgIpc) is 3.44. The minimum Gasteiger partial charge on any atom is -0.465 e. The van der Waals surface area contributed by atoms with Crippen molar-refractivity contribution < 1.29 is 24.6 Å². The van der Waals surface area contributed by atoms with Gasteiger partial charge in [0.15, 0.2) is 0 Å². The number of hydrogen-bond donors (Lipinski definition) is 2. The first kappa shape index (κ1) is 19.7. The SMILES string of the molecule is C[C@H]1CN(C(=O)O)c2cc(-c3cnn(CC(=O)N(C)C4CC4)c3)ccc2N1C(=O)O. The zero-order valence-corrected chi connectivity index (χ0v) is 16.7. The van der Waals surface area contributed by atoms with Crippen LogP contribution in [0.15, 0.2) is 30.6 Å². The van der Waals surface area contributed by atoms with Crippen LogP contribution in [0.2, 0.25) is 0 Å². The summed E-state index contributed by atoms with van der Waals surface area (Å²) in [5.74, 6) is -0.0132. The van der Waals surface area contributed by atoms with E-state index in [9.17, 15) is 24.6 Å². The fourth-order valence-electron chi connectivity index (χ4n) is 3.79. The van der Waals surface area contributed by atoms with Gasteiger partial charge in [-0.25, -0.2) is 9.59 Å². The number of anilines is 2. The van der Waals surface area contributed by atoms with E-state index < -0.39 is 18.2 Å². The first-order valence-electron chi connectivity index (χ1n) is 9.71. The fraction of sp³-hybridized carbons (Fsp3) is 0.400. The molecule has 1 aliphatic heterocycles. The standard InChI is InChI=1S/C20H23N5O5/c1-12-9-24(19(27)28)17-7-13(3-6-16(17)25(12)20(29)30)14-8-21-23(10-14)11-18(26)22(2)15-4-5-15/h3,6-8,10,12,15H,4-5,9,11H2,1-2H3,(H,27,28)(H,29,30)/t12-/m0/s1. The summed E-state index contributed by atoms with van der Waals surface area (Å²) in [6.07, 6.45) is 3.13. The highest BCUT2D eigenvalue weighted by Crippen LogP contribution is 2.38. The molecule has 2 N–H and O–H groups in total. The van der Waals surface area contributed by atoms with Gasteiger partial charge in [-0.15, -0.1) is 0 Å². The van der Waals surface area contributed by atoms with E-state index in [1.807, 2.05) is 0 Å². The van der Waals surface area contributed by atoms with Crippen molar-refractivity contribution in [2.45, 2.75) is 38.4 Å². The molecule has 0 saturated heterocycles. The van der Waals surface area contributed by atoms with Crippen molar-refractivity contribution in [1.29, 1.82) is 0 Å². The first-order valence-corrected chi connectivity index (χ1v) is 9.71. The second-order valence-electron chi connectivity index (χ2n) is 7.76. The van der Waals surface area contributed by atoms with Crippen LogP contribution in [0.1, 0.15) is 19.8 Å². The summed E-state index contributed by atoms with van der Waals surface area (Å²) in [7, 11) is 1.80. The average molecular weight is 413 g/mol. The molecule has 3 amide bonds. The van der Waals surface area contributed by atoms with Crippen LogP contribution in [0.25, 0.3) is 11.1 Å². The molecule has 2 aliphatic rings. The maximum Gasteiger partial charge on any atom is 0.412 e. The zero-order valence-electron chi connectivity index (χ0n) is 16.7. The number of hydrogen-bond acceptors (Lipinski definition) is 4. The quantitative estimate of drug-likeness (QED) is 0.795. The van der Waals surface area contributed by atoms with Crippen molar-refractivity contribution in [2.75, 3.05) is 23.4 Å². The van der Waals surface area contributed by atoms with Crippen LogP contribution >= 0.6 is 0 Å². The number of likely N-dealkylation sites (N-methyl/N-ethyl adjacent to an activating group) is 1. The Balaban J connectivity index is 1.62. The number of benzene rings is 1. The molecule has 2 aromatic rings. The van der Waals surface area contributed by atoms with Gasteiger partial charge in [0.1, 0.15) is 6.54 Å². The van der Waals surface area contributed by atoms with Crippen molar-refractivity contribution in [3.63, 3.8) is 0 Å². The maximum absolute atomic E-state index is 12.3. The van der Waals surface area contributed by atoms with Gasteiger partial charge in [-0.05, 0) is 37.5 Å². The Morgan fingerprint density at radius 3 is 2.50 bits per heavy atom. The Morgan fingerprint density at radius 1 is 1.13 bits per heavy atom. The summed E-state index contributed by atoms with van der Waals surface area (Å²) >= 11 is 0. The molecule has 1 aliphatic carbocycles. The second-order valence-corrected chi connectivity index (χ2v) is 7.76. The Kier molecular flexibility index (Phi) is 4.84. The number of nitrogens with zero attached hydrogens (tertiary/aromatic N) is 5. The molecule has 2 heterocycles. The van der Waals surface area contributed by atoms with Crippen LogP contribution in [0.5, 0.6) is 0 Å². The third-order valence-corrected chi connectivity index (χ3v) is 5.60.